The molecular formula is C20H18O8. The van der Waals surface area contributed by atoms with Crippen LogP contribution < -0.4 is 0 Å². The lowest BCUT2D eigenvalue weighted by Gasteiger charge is -2.21. The molecule has 0 spiro atoms. The number of aromatic carboxylic acids is 4. The van der Waals surface area contributed by atoms with E-state index in [9.17, 15) is 39.6 Å². The highest BCUT2D eigenvalue weighted by Crippen LogP contribution is 2.38. The maximum Gasteiger partial charge on any atom is 0.337 e. The minimum atomic E-state index is -1.77. The standard InChI is InChI=1S/C20H18O8/c1-7-5-6-11(9(3)8(7)2)14-12(17(21)22)10(4)13(18(23)24)15(19(25)26)16(14)20(27)28/h5-6H,1-4H3,(H,21,22)(H,23,24)(H,25,26)(H,27,28). The quantitative estimate of drug-likeness (QED) is 0.611. The lowest BCUT2D eigenvalue weighted by molar-refractivity contribution is 0.0631. The lowest BCUT2D eigenvalue weighted by Crippen LogP contribution is -2.22. The number of carbonyl (C=O) groups is 4. The van der Waals surface area contributed by atoms with E-state index in [1.54, 1.807) is 19.9 Å². The van der Waals surface area contributed by atoms with Crippen molar-refractivity contribution in [2.24, 2.45) is 0 Å². The van der Waals surface area contributed by atoms with Crippen molar-refractivity contribution < 1.29 is 39.6 Å². The zero-order valence-corrected chi connectivity index (χ0v) is 15.6. The van der Waals surface area contributed by atoms with Gasteiger partial charge in [-0.1, -0.05) is 12.1 Å². The molecule has 4 N–H and O–H groups in total. The second-order valence-electron chi connectivity index (χ2n) is 6.40. The Morgan fingerprint density at radius 3 is 1.46 bits per heavy atom. The molecule has 0 aromatic heterocycles. The zero-order chi connectivity index (χ0) is 21.5. The molecular weight excluding hydrogens is 368 g/mol. The molecule has 2 aromatic carbocycles. The highest BCUT2D eigenvalue weighted by atomic mass is 16.4. The van der Waals surface area contributed by atoms with Crippen LogP contribution in [0.15, 0.2) is 12.1 Å². The van der Waals surface area contributed by atoms with E-state index in [1.165, 1.54) is 6.07 Å². The molecule has 0 aliphatic heterocycles. The first-order valence-electron chi connectivity index (χ1n) is 8.12. The molecule has 28 heavy (non-hydrogen) atoms. The predicted molar refractivity (Wildman–Crippen MR) is 98.7 cm³/mol. The molecule has 0 saturated carbocycles. The van der Waals surface area contributed by atoms with Crippen LogP contribution in [0.5, 0.6) is 0 Å². The van der Waals surface area contributed by atoms with Gasteiger partial charge in [0.25, 0.3) is 0 Å². The summed E-state index contributed by atoms with van der Waals surface area (Å²) in [6.45, 7) is 6.41. The van der Waals surface area contributed by atoms with Crippen LogP contribution in [0.1, 0.15) is 63.7 Å². The van der Waals surface area contributed by atoms with Crippen molar-refractivity contribution in [3.63, 3.8) is 0 Å². The van der Waals surface area contributed by atoms with Gasteiger partial charge in [0, 0.05) is 5.56 Å². The van der Waals surface area contributed by atoms with Crippen molar-refractivity contribution >= 4 is 23.9 Å². The van der Waals surface area contributed by atoms with Crippen LogP contribution in [0.4, 0.5) is 0 Å². The Kier molecular flexibility index (Phi) is 5.27. The molecule has 2 rings (SSSR count). The van der Waals surface area contributed by atoms with Crippen molar-refractivity contribution in [1.29, 1.82) is 0 Å². The van der Waals surface area contributed by atoms with Crippen LogP contribution in [0.3, 0.4) is 0 Å². The highest BCUT2D eigenvalue weighted by Gasteiger charge is 2.35. The van der Waals surface area contributed by atoms with E-state index in [-0.39, 0.29) is 16.7 Å². The molecule has 0 fully saturated rings. The lowest BCUT2D eigenvalue weighted by atomic mass is 9.81. The van der Waals surface area contributed by atoms with Crippen LogP contribution in [0.25, 0.3) is 11.1 Å². The van der Waals surface area contributed by atoms with E-state index in [0.717, 1.165) is 18.1 Å². The van der Waals surface area contributed by atoms with Crippen molar-refractivity contribution in [2.75, 3.05) is 0 Å². The molecule has 0 aliphatic rings. The third-order valence-electron chi connectivity index (χ3n) is 4.93. The number of aryl methyl sites for hydroxylation is 1. The largest absolute Gasteiger partial charge is 0.478 e. The topological polar surface area (TPSA) is 149 Å². The summed E-state index contributed by atoms with van der Waals surface area (Å²) < 4.78 is 0. The van der Waals surface area contributed by atoms with Crippen LogP contribution >= 0.6 is 0 Å². The SMILES string of the molecule is Cc1ccc(-c2c(C(=O)O)c(C)c(C(=O)O)c(C(=O)O)c2C(=O)O)c(C)c1C. The highest BCUT2D eigenvalue weighted by molar-refractivity contribution is 6.17. The Hall–Kier alpha value is -3.68. The van der Waals surface area contributed by atoms with Crippen molar-refractivity contribution in [3.05, 3.63) is 56.6 Å². The van der Waals surface area contributed by atoms with Crippen molar-refractivity contribution in [1.82, 2.24) is 0 Å². The minimum Gasteiger partial charge on any atom is -0.478 e. The Morgan fingerprint density at radius 1 is 0.571 bits per heavy atom. The molecule has 2 aromatic rings. The van der Waals surface area contributed by atoms with Gasteiger partial charge in [0.05, 0.1) is 22.3 Å². The molecule has 0 amide bonds. The number of rotatable bonds is 5. The summed E-state index contributed by atoms with van der Waals surface area (Å²) in [7, 11) is 0. The van der Waals surface area contributed by atoms with E-state index >= 15 is 0 Å². The summed E-state index contributed by atoms with van der Waals surface area (Å²) in [6, 6.07) is 3.17. The second-order valence-corrected chi connectivity index (χ2v) is 6.40. The molecule has 8 heteroatoms. The van der Waals surface area contributed by atoms with Gasteiger partial charge in [-0.3, -0.25) is 0 Å². The fourth-order valence-corrected chi connectivity index (χ4v) is 3.33. The van der Waals surface area contributed by atoms with Gasteiger partial charge in [-0.05, 0) is 55.5 Å². The molecule has 0 unspecified atom stereocenters. The number of carboxylic acids is 4. The van der Waals surface area contributed by atoms with E-state index in [4.69, 9.17) is 0 Å². The summed E-state index contributed by atoms with van der Waals surface area (Å²) in [4.78, 5) is 47.4. The number of hydrogen-bond donors (Lipinski definition) is 4. The maximum absolute atomic E-state index is 12.0. The molecule has 0 heterocycles. The molecule has 146 valence electrons. The van der Waals surface area contributed by atoms with E-state index in [2.05, 4.69) is 0 Å². The smallest absolute Gasteiger partial charge is 0.337 e. The molecule has 8 nitrogen and oxygen atoms in total. The van der Waals surface area contributed by atoms with Crippen LogP contribution in [0.2, 0.25) is 0 Å². The van der Waals surface area contributed by atoms with Crippen LogP contribution in [-0.2, 0) is 0 Å². The fourth-order valence-electron chi connectivity index (χ4n) is 3.33. The van der Waals surface area contributed by atoms with Gasteiger partial charge in [-0.15, -0.1) is 0 Å². The molecule has 0 saturated heterocycles. The number of carboxylic acid groups (broad SMARTS) is 4. The van der Waals surface area contributed by atoms with Crippen molar-refractivity contribution in [2.45, 2.75) is 27.7 Å². The van der Waals surface area contributed by atoms with E-state index in [1.807, 2.05) is 6.92 Å². The van der Waals surface area contributed by atoms with Crippen molar-refractivity contribution in [3.8, 4) is 11.1 Å². The summed E-state index contributed by atoms with van der Waals surface area (Å²) in [5.74, 6) is -6.76. The van der Waals surface area contributed by atoms with Crippen LogP contribution in [-0.4, -0.2) is 44.3 Å². The first-order chi connectivity index (χ1) is 12.9. The summed E-state index contributed by atoms with van der Waals surface area (Å²) >= 11 is 0. The van der Waals surface area contributed by atoms with Gasteiger partial charge < -0.3 is 20.4 Å². The average Bonchev–Trinajstić information content (AvgIpc) is 2.57. The Morgan fingerprint density at radius 2 is 1.04 bits per heavy atom. The Balaban J connectivity index is 3.28. The number of benzene rings is 2. The van der Waals surface area contributed by atoms with Gasteiger partial charge >= 0.3 is 23.9 Å². The third-order valence-corrected chi connectivity index (χ3v) is 4.93. The third kappa shape index (κ3) is 3.09. The van der Waals surface area contributed by atoms with Gasteiger partial charge in [0.1, 0.15) is 0 Å². The van der Waals surface area contributed by atoms with Gasteiger partial charge in [0.2, 0.25) is 0 Å². The monoisotopic (exact) mass is 386 g/mol. The molecule has 0 radical (unpaired) electrons. The Bertz CT molecular complexity index is 1060. The van der Waals surface area contributed by atoms with Gasteiger partial charge in [-0.25, -0.2) is 19.2 Å². The first-order valence-corrected chi connectivity index (χ1v) is 8.12. The summed E-state index contributed by atoms with van der Waals surface area (Å²) in [5, 5.41) is 38.5. The van der Waals surface area contributed by atoms with E-state index < -0.39 is 46.1 Å². The van der Waals surface area contributed by atoms with Gasteiger partial charge in [0.15, 0.2) is 0 Å². The Labute approximate surface area is 159 Å². The average molecular weight is 386 g/mol. The van der Waals surface area contributed by atoms with Crippen LogP contribution in [0, 0.1) is 27.7 Å². The molecule has 0 atom stereocenters. The van der Waals surface area contributed by atoms with E-state index in [0.29, 0.717) is 5.56 Å². The first kappa shape index (κ1) is 20.6. The zero-order valence-electron chi connectivity index (χ0n) is 15.6. The molecule has 0 aliphatic carbocycles. The summed E-state index contributed by atoms with van der Waals surface area (Å²) in [5.41, 5.74) is -1.40. The normalized spacial score (nSPS) is 10.6. The second kappa shape index (κ2) is 7.15. The fraction of sp³-hybridized carbons (Fsp3) is 0.200. The number of hydrogen-bond acceptors (Lipinski definition) is 4. The minimum absolute atomic E-state index is 0.223. The van der Waals surface area contributed by atoms with Gasteiger partial charge in [-0.2, -0.15) is 0 Å². The predicted octanol–water partition coefficient (Wildman–Crippen LogP) is 3.38. The molecule has 0 bridgehead atoms. The summed E-state index contributed by atoms with van der Waals surface area (Å²) in [6.07, 6.45) is 0. The maximum atomic E-state index is 12.0.